The van der Waals surface area contributed by atoms with Gasteiger partial charge in [0, 0.05) is 16.7 Å². The molecule has 1 aromatic carbocycles. The molecule has 3 rings (SSSR count). The third-order valence-corrected chi connectivity index (χ3v) is 5.01. The predicted octanol–water partition coefficient (Wildman–Crippen LogP) is 4.18. The first-order chi connectivity index (χ1) is 10.1. The molecule has 0 fully saturated rings. The summed E-state index contributed by atoms with van der Waals surface area (Å²) >= 11 is 1.60. The first-order valence-corrected chi connectivity index (χ1v) is 7.80. The first-order valence-electron chi connectivity index (χ1n) is 6.99. The number of fused-ring (bicyclic) bond motifs is 1. The topological polar surface area (TPSA) is 56.4 Å². The Kier molecular flexibility index (Phi) is 3.52. The highest BCUT2D eigenvalue weighted by Crippen LogP contribution is 2.40. The highest BCUT2D eigenvalue weighted by Gasteiger charge is 2.21. The minimum Gasteiger partial charge on any atom is -0.507 e. The van der Waals surface area contributed by atoms with Crippen LogP contribution in [-0.4, -0.2) is 11.3 Å². The van der Waals surface area contributed by atoms with Crippen LogP contribution < -0.4 is 0 Å². The van der Waals surface area contributed by atoms with E-state index in [-0.39, 0.29) is 5.75 Å². The van der Waals surface area contributed by atoms with Crippen LogP contribution in [0.25, 0.3) is 0 Å². The summed E-state index contributed by atoms with van der Waals surface area (Å²) in [7, 11) is 0. The van der Waals surface area contributed by atoms with Gasteiger partial charge in [0.15, 0.2) is 0 Å². The number of nitrogens with zero attached hydrogens (tertiary/aromatic N) is 2. The van der Waals surface area contributed by atoms with Crippen LogP contribution in [0, 0.1) is 25.2 Å². The highest BCUT2D eigenvalue weighted by atomic mass is 32.1. The number of phenolic OH excluding ortho intramolecular Hbond substituents is 1. The molecule has 2 aromatic rings. The lowest BCUT2D eigenvalue weighted by molar-refractivity contribution is 0.470. The summed E-state index contributed by atoms with van der Waals surface area (Å²) in [4.78, 5) is 5.76. The number of aromatic hydroxyl groups is 1. The fourth-order valence-electron chi connectivity index (χ4n) is 2.82. The van der Waals surface area contributed by atoms with Gasteiger partial charge < -0.3 is 5.11 Å². The number of aryl methyl sites for hydroxylation is 3. The largest absolute Gasteiger partial charge is 0.507 e. The zero-order valence-corrected chi connectivity index (χ0v) is 12.9. The standard InChI is InChI=1S/C17H16N2OS/c1-10-6-11(2)16(20)12(7-10)9-19-17-14(8-18)13-4-3-5-15(13)21-17/h6-7,9,20H,3-5H2,1-2H3. The summed E-state index contributed by atoms with van der Waals surface area (Å²) in [5.41, 5.74) is 4.52. The molecule has 0 radical (unpaired) electrons. The van der Waals surface area contributed by atoms with Gasteiger partial charge in [0.1, 0.15) is 16.8 Å². The normalized spacial score (nSPS) is 13.6. The first kappa shape index (κ1) is 13.8. The van der Waals surface area contributed by atoms with Crippen LogP contribution in [0.2, 0.25) is 0 Å². The van der Waals surface area contributed by atoms with E-state index in [9.17, 15) is 10.4 Å². The van der Waals surface area contributed by atoms with Gasteiger partial charge in [-0.2, -0.15) is 5.26 Å². The molecule has 1 aromatic heterocycles. The van der Waals surface area contributed by atoms with Crippen molar-refractivity contribution in [1.82, 2.24) is 0 Å². The highest BCUT2D eigenvalue weighted by molar-refractivity contribution is 7.16. The summed E-state index contributed by atoms with van der Waals surface area (Å²) in [6, 6.07) is 6.12. The number of hydrogen-bond donors (Lipinski definition) is 1. The van der Waals surface area contributed by atoms with Gasteiger partial charge in [-0.1, -0.05) is 6.07 Å². The average molecular weight is 296 g/mol. The maximum atomic E-state index is 10.1. The summed E-state index contributed by atoms with van der Waals surface area (Å²) < 4.78 is 0. The molecule has 0 saturated heterocycles. The summed E-state index contributed by atoms with van der Waals surface area (Å²) in [5.74, 6) is 0.256. The fraction of sp³-hybridized carbons (Fsp3) is 0.294. The van der Waals surface area contributed by atoms with Crippen LogP contribution in [0.1, 0.15) is 39.1 Å². The van der Waals surface area contributed by atoms with Crippen molar-refractivity contribution in [2.24, 2.45) is 4.99 Å². The van der Waals surface area contributed by atoms with Crippen molar-refractivity contribution in [2.75, 3.05) is 0 Å². The third kappa shape index (κ3) is 2.45. The molecule has 4 heteroatoms. The van der Waals surface area contributed by atoms with Crippen LogP contribution in [0.5, 0.6) is 5.75 Å². The van der Waals surface area contributed by atoms with Gasteiger partial charge in [0.2, 0.25) is 0 Å². The number of hydrogen-bond acceptors (Lipinski definition) is 4. The lowest BCUT2D eigenvalue weighted by Crippen LogP contribution is -1.88. The molecule has 0 amide bonds. The van der Waals surface area contributed by atoms with Gasteiger partial charge in [0.05, 0.1) is 5.56 Å². The average Bonchev–Trinajstić information content (AvgIpc) is 3.01. The zero-order valence-electron chi connectivity index (χ0n) is 12.1. The maximum Gasteiger partial charge on any atom is 0.134 e. The van der Waals surface area contributed by atoms with Gasteiger partial charge in [-0.25, -0.2) is 4.99 Å². The SMILES string of the molecule is Cc1cc(C)c(O)c(C=Nc2sc3c(c2C#N)CCC3)c1. The molecule has 21 heavy (non-hydrogen) atoms. The van der Waals surface area contributed by atoms with E-state index >= 15 is 0 Å². The molecule has 3 nitrogen and oxygen atoms in total. The van der Waals surface area contributed by atoms with Gasteiger partial charge in [-0.3, -0.25) is 0 Å². The van der Waals surface area contributed by atoms with E-state index < -0.39 is 0 Å². The van der Waals surface area contributed by atoms with Crippen LogP contribution in [0.3, 0.4) is 0 Å². The molecule has 1 aliphatic carbocycles. The molecule has 1 N–H and O–H groups in total. The van der Waals surface area contributed by atoms with Gasteiger partial charge >= 0.3 is 0 Å². The molecule has 1 aliphatic rings. The Labute approximate surface area is 128 Å². The summed E-state index contributed by atoms with van der Waals surface area (Å²) in [5, 5.41) is 20.2. The second kappa shape index (κ2) is 5.34. The van der Waals surface area contributed by atoms with Gasteiger partial charge in [0.25, 0.3) is 0 Å². The van der Waals surface area contributed by atoms with E-state index in [2.05, 4.69) is 11.1 Å². The number of thiophene rings is 1. The number of phenols is 1. The molecule has 1 heterocycles. The van der Waals surface area contributed by atoms with Crippen molar-refractivity contribution < 1.29 is 5.11 Å². The molecule has 0 aliphatic heterocycles. The number of rotatable bonds is 2. The molecule has 0 atom stereocenters. The monoisotopic (exact) mass is 296 g/mol. The van der Waals surface area contributed by atoms with Crippen LogP contribution in [0.4, 0.5) is 5.00 Å². The smallest absolute Gasteiger partial charge is 0.134 e. The molecule has 0 unspecified atom stereocenters. The zero-order chi connectivity index (χ0) is 15.0. The second-order valence-corrected chi connectivity index (χ2v) is 6.51. The lowest BCUT2D eigenvalue weighted by atomic mass is 10.1. The molecule has 0 saturated carbocycles. The van der Waals surface area contributed by atoms with Crippen molar-refractivity contribution in [3.63, 3.8) is 0 Å². The molecule has 0 spiro atoms. The van der Waals surface area contributed by atoms with Crippen molar-refractivity contribution in [3.05, 3.63) is 44.8 Å². The van der Waals surface area contributed by atoms with E-state index in [4.69, 9.17) is 0 Å². The Morgan fingerprint density at radius 1 is 1.33 bits per heavy atom. The van der Waals surface area contributed by atoms with Gasteiger partial charge in [-0.05, 0) is 55.9 Å². The summed E-state index contributed by atoms with van der Waals surface area (Å²) in [6.45, 7) is 3.87. The van der Waals surface area contributed by atoms with Crippen molar-refractivity contribution in [3.8, 4) is 11.8 Å². The third-order valence-electron chi connectivity index (χ3n) is 3.81. The van der Waals surface area contributed by atoms with Crippen molar-refractivity contribution >= 4 is 22.6 Å². The number of nitriles is 1. The Morgan fingerprint density at radius 2 is 2.14 bits per heavy atom. The van der Waals surface area contributed by atoms with Crippen molar-refractivity contribution in [1.29, 1.82) is 5.26 Å². The molecular weight excluding hydrogens is 280 g/mol. The minimum absolute atomic E-state index is 0.256. The molecule has 106 valence electrons. The quantitative estimate of drug-likeness (QED) is 0.845. The van der Waals surface area contributed by atoms with Crippen LogP contribution in [0.15, 0.2) is 17.1 Å². The number of benzene rings is 1. The maximum absolute atomic E-state index is 10.1. The Bertz CT molecular complexity index is 781. The second-order valence-electron chi connectivity index (χ2n) is 5.43. The van der Waals surface area contributed by atoms with Crippen molar-refractivity contribution in [2.45, 2.75) is 33.1 Å². The summed E-state index contributed by atoms with van der Waals surface area (Å²) in [6.07, 6.45) is 4.84. The van der Waals surface area contributed by atoms with Crippen LogP contribution >= 0.6 is 11.3 Å². The lowest BCUT2D eigenvalue weighted by Gasteiger charge is -2.04. The van der Waals surface area contributed by atoms with E-state index in [1.165, 1.54) is 10.4 Å². The van der Waals surface area contributed by atoms with Crippen LogP contribution in [-0.2, 0) is 12.8 Å². The molecular formula is C17H16N2OS. The van der Waals surface area contributed by atoms with E-state index in [0.29, 0.717) is 11.1 Å². The number of aliphatic imine (C=N–C) groups is 1. The Morgan fingerprint density at radius 3 is 2.90 bits per heavy atom. The van der Waals surface area contributed by atoms with E-state index in [1.807, 2.05) is 26.0 Å². The van der Waals surface area contributed by atoms with E-state index in [1.54, 1.807) is 17.6 Å². The van der Waals surface area contributed by atoms with E-state index in [0.717, 1.165) is 35.4 Å². The molecule has 0 bridgehead atoms. The predicted molar refractivity (Wildman–Crippen MR) is 85.9 cm³/mol. The fourth-order valence-corrected chi connectivity index (χ4v) is 4.00. The van der Waals surface area contributed by atoms with Gasteiger partial charge in [-0.15, -0.1) is 11.3 Å². The Balaban J connectivity index is 2.00. The minimum atomic E-state index is 0.256. The Hall–Kier alpha value is -2.12.